The lowest BCUT2D eigenvalue weighted by Gasteiger charge is -2.14. The Morgan fingerprint density at radius 2 is 2.27 bits per heavy atom. The Kier molecular flexibility index (Phi) is 4.75. The second-order valence-electron chi connectivity index (χ2n) is 4.85. The molecule has 1 fully saturated rings. The van der Waals surface area contributed by atoms with Gasteiger partial charge >= 0.3 is 0 Å². The lowest BCUT2D eigenvalue weighted by Crippen LogP contribution is -2.20. The number of aromatic nitrogens is 2. The van der Waals surface area contributed by atoms with Gasteiger partial charge in [-0.1, -0.05) is 11.6 Å². The zero-order chi connectivity index (χ0) is 15.5. The molecule has 8 heteroatoms. The second kappa shape index (κ2) is 6.76. The van der Waals surface area contributed by atoms with Gasteiger partial charge in [0.1, 0.15) is 11.6 Å². The highest BCUT2D eigenvalue weighted by molar-refractivity contribution is 9.10. The zero-order valence-corrected chi connectivity index (χ0v) is 13.8. The lowest BCUT2D eigenvalue weighted by molar-refractivity contribution is 0.195. The van der Waals surface area contributed by atoms with Crippen LogP contribution < -0.4 is 10.6 Å². The molecule has 116 valence electrons. The van der Waals surface area contributed by atoms with Crippen molar-refractivity contribution < 1.29 is 9.13 Å². The van der Waals surface area contributed by atoms with Crippen LogP contribution >= 0.6 is 27.5 Å². The Balaban J connectivity index is 1.77. The predicted octanol–water partition coefficient (Wildman–Crippen LogP) is 3.98. The fourth-order valence-electron chi connectivity index (χ4n) is 2.07. The third-order valence-electron chi connectivity index (χ3n) is 3.19. The van der Waals surface area contributed by atoms with Crippen molar-refractivity contribution in [2.45, 2.75) is 12.5 Å². The summed E-state index contributed by atoms with van der Waals surface area (Å²) in [6.45, 7) is 1.41. The number of hydrogen-bond donors (Lipinski definition) is 2. The first-order chi connectivity index (χ1) is 10.6. The first kappa shape index (κ1) is 15.5. The summed E-state index contributed by atoms with van der Waals surface area (Å²) in [5.41, 5.74) is 0.615. The van der Waals surface area contributed by atoms with E-state index in [4.69, 9.17) is 16.3 Å². The molecule has 2 heterocycles. The van der Waals surface area contributed by atoms with Crippen molar-refractivity contribution >= 4 is 45.0 Å². The van der Waals surface area contributed by atoms with Crippen LogP contribution in [0.25, 0.3) is 0 Å². The Morgan fingerprint density at radius 1 is 1.41 bits per heavy atom. The van der Waals surface area contributed by atoms with Gasteiger partial charge in [0, 0.05) is 18.5 Å². The van der Waals surface area contributed by atoms with Crippen molar-refractivity contribution in [3.63, 3.8) is 0 Å². The molecule has 5 nitrogen and oxygen atoms in total. The first-order valence-corrected chi connectivity index (χ1v) is 7.88. The van der Waals surface area contributed by atoms with Crippen LogP contribution in [-0.4, -0.2) is 29.2 Å². The smallest absolute Gasteiger partial charge is 0.229 e. The Morgan fingerprint density at radius 3 is 3.00 bits per heavy atom. The van der Waals surface area contributed by atoms with Gasteiger partial charge in [-0.3, -0.25) is 0 Å². The summed E-state index contributed by atoms with van der Waals surface area (Å²) in [6.07, 6.45) is 2.59. The average molecular weight is 388 g/mol. The molecular formula is C14H13BrClFN4O. The van der Waals surface area contributed by atoms with E-state index in [9.17, 15) is 4.39 Å². The zero-order valence-electron chi connectivity index (χ0n) is 11.4. The van der Waals surface area contributed by atoms with Gasteiger partial charge in [0.25, 0.3) is 0 Å². The summed E-state index contributed by atoms with van der Waals surface area (Å²) in [5, 5.41) is 6.35. The van der Waals surface area contributed by atoms with Crippen LogP contribution in [0.3, 0.4) is 0 Å². The van der Waals surface area contributed by atoms with Gasteiger partial charge < -0.3 is 15.4 Å². The molecule has 1 saturated heterocycles. The molecule has 0 aliphatic carbocycles. The van der Waals surface area contributed by atoms with E-state index in [2.05, 4.69) is 36.5 Å². The van der Waals surface area contributed by atoms with Gasteiger partial charge in [-0.25, -0.2) is 9.37 Å². The standard InChI is InChI=1S/C14H13BrClFN4O/c15-10-6-18-14(20-8-1-2-12(17)11(16)5-8)21-13(10)19-9-3-4-22-7-9/h1-2,5-6,9H,3-4,7H2,(H2,18,19,20,21)/t9-/m0/s1. The molecule has 0 spiro atoms. The van der Waals surface area contributed by atoms with E-state index in [0.717, 1.165) is 17.5 Å². The lowest BCUT2D eigenvalue weighted by atomic mass is 10.2. The van der Waals surface area contributed by atoms with E-state index < -0.39 is 5.82 Å². The highest BCUT2D eigenvalue weighted by Crippen LogP contribution is 2.25. The van der Waals surface area contributed by atoms with Crippen LogP contribution in [0.5, 0.6) is 0 Å². The monoisotopic (exact) mass is 386 g/mol. The minimum atomic E-state index is -0.465. The maximum atomic E-state index is 13.2. The summed E-state index contributed by atoms with van der Waals surface area (Å²) in [7, 11) is 0. The Hall–Kier alpha value is -1.44. The maximum absolute atomic E-state index is 13.2. The molecular weight excluding hydrogens is 375 g/mol. The minimum Gasteiger partial charge on any atom is -0.379 e. The molecule has 2 N–H and O–H groups in total. The van der Waals surface area contributed by atoms with Gasteiger partial charge in [0.05, 0.1) is 22.1 Å². The first-order valence-electron chi connectivity index (χ1n) is 6.71. The third-order valence-corrected chi connectivity index (χ3v) is 4.06. The topological polar surface area (TPSA) is 59.1 Å². The Labute approximate surface area is 140 Å². The predicted molar refractivity (Wildman–Crippen MR) is 87.3 cm³/mol. The van der Waals surface area contributed by atoms with E-state index in [1.54, 1.807) is 12.3 Å². The quantitative estimate of drug-likeness (QED) is 0.831. The third kappa shape index (κ3) is 3.66. The van der Waals surface area contributed by atoms with Crippen molar-refractivity contribution in [3.05, 3.63) is 39.7 Å². The van der Waals surface area contributed by atoms with Gasteiger partial charge in [-0.05, 0) is 40.5 Å². The number of halogens is 3. The summed E-state index contributed by atoms with van der Waals surface area (Å²) in [6, 6.07) is 4.59. The molecule has 1 atom stereocenters. The number of anilines is 3. The number of rotatable bonds is 4. The number of nitrogens with zero attached hydrogens (tertiary/aromatic N) is 2. The van der Waals surface area contributed by atoms with Crippen LogP contribution in [0.1, 0.15) is 6.42 Å². The normalized spacial score (nSPS) is 17.5. The molecule has 0 unspecified atom stereocenters. The maximum Gasteiger partial charge on any atom is 0.229 e. The highest BCUT2D eigenvalue weighted by Gasteiger charge is 2.17. The van der Waals surface area contributed by atoms with Gasteiger partial charge in [0.2, 0.25) is 5.95 Å². The Bertz CT molecular complexity index is 682. The van der Waals surface area contributed by atoms with Crippen molar-refractivity contribution in [3.8, 4) is 0 Å². The molecule has 0 bridgehead atoms. The van der Waals surface area contributed by atoms with Crippen molar-refractivity contribution in [1.82, 2.24) is 9.97 Å². The summed E-state index contributed by atoms with van der Waals surface area (Å²) >= 11 is 9.18. The minimum absolute atomic E-state index is 0.0450. The molecule has 1 aromatic carbocycles. The van der Waals surface area contributed by atoms with E-state index in [-0.39, 0.29) is 11.1 Å². The molecule has 0 amide bonds. The van der Waals surface area contributed by atoms with Crippen molar-refractivity contribution in [1.29, 1.82) is 0 Å². The van der Waals surface area contributed by atoms with Crippen LogP contribution in [0.2, 0.25) is 5.02 Å². The van der Waals surface area contributed by atoms with Crippen LogP contribution in [0, 0.1) is 5.82 Å². The van der Waals surface area contributed by atoms with Crippen molar-refractivity contribution in [2.75, 3.05) is 23.8 Å². The fraction of sp³-hybridized carbons (Fsp3) is 0.286. The highest BCUT2D eigenvalue weighted by atomic mass is 79.9. The van der Waals surface area contributed by atoms with E-state index >= 15 is 0 Å². The SMILES string of the molecule is Fc1ccc(Nc2ncc(Br)c(N[C@H]3CCOC3)n2)cc1Cl. The van der Waals surface area contributed by atoms with Gasteiger partial charge in [-0.15, -0.1) is 0 Å². The number of benzene rings is 1. The molecule has 2 aromatic rings. The molecule has 3 rings (SSSR count). The molecule has 1 aliphatic heterocycles. The number of hydrogen-bond acceptors (Lipinski definition) is 5. The van der Waals surface area contributed by atoms with Gasteiger partial charge in [0.15, 0.2) is 0 Å². The largest absolute Gasteiger partial charge is 0.379 e. The molecule has 22 heavy (non-hydrogen) atoms. The van der Waals surface area contributed by atoms with Gasteiger partial charge in [-0.2, -0.15) is 4.98 Å². The number of nitrogens with one attached hydrogen (secondary N) is 2. The second-order valence-corrected chi connectivity index (χ2v) is 6.11. The van der Waals surface area contributed by atoms with Crippen LogP contribution in [-0.2, 0) is 4.74 Å². The summed E-state index contributed by atoms with van der Waals surface area (Å²) < 4.78 is 19.3. The van der Waals surface area contributed by atoms with E-state index in [1.165, 1.54) is 12.1 Å². The van der Waals surface area contributed by atoms with E-state index in [0.29, 0.717) is 24.1 Å². The summed E-state index contributed by atoms with van der Waals surface area (Å²) in [4.78, 5) is 8.59. The fourth-order valence-corrected chi connectivity index (χ4v) is 2.56. The summed E-state index contributed by atoms with van der Waals surface area (Å²) in [5.74, 6) is 0.612. The van der Waals surface area contributed by atoms with Crippen molar-refractivity contribution in [2.24, 2.45) is 0 Å². The average Bonchev–Trinajstić information content (AvgIpc) is 2.99. The molecule has 1 aliphatic rings. The van der Waals surface area contributed by atoms with E-state index in [1.807, 2.05) is 0 Å². The number of ether oxygens (including phenoxy) is 1. The molecule has 0 radical (unpaired) electrons. The van der Waals surface area contributed by atoms with Crippen LogP contribution in [0.15, 0.2) is 28.9 Å². The van der Waals surface area contributed by atoms with Crippen LogP contribution in [0.4, 0.5) is 21.8 Å². The molecule has 0 saturated carbocycles. The molecule has 1 aromatic heterocycles.